The van der Waals surface area contributed by atoms with Gasteiger partial charge >= 0.3 is 12.9 Å². The van der Waals surface area contributed by atoms with E-state index < -0.39 is 17.3 Å². The first kappa shape index (κ1) is 24.3. The number of diazo groups is 1. The van der Waals surface area contributed by atoms with Crippen molar-refractivity contribution in [1.82, 2.24) is 4.72 Å². The Morgan fingerprint density at radius 2 is 1.46 bits per heavy atom. The predicted molar refractivity (Wildman–Crippen MR) is 90.2 cm³/mol. The highest BCUT2D eigenvalue weighted by molar-refractivity contribution is 7.89. The molecule has 1 N–H and O–H groups in total. The third-order valence-corrected chi connectivity index (χ3v) is 4.62. The van der Waals surface area contributed by atoms with E-state index in [1.165, 1.54) is 12.1 Å². The van der Waals surface area contributed by atoms with E-state index in [-0.39, 0.29) is 17.3 Å². The van der Waals surface area contributed by atoms with Gasteiger partial charge in [-0.3, -0.25) is 4.39 Å². The highest BCUT2D eigenvalue weighted by Gasteiger charge is 2.24. The van der Waals surface area contributed by atoms with Crippen LogP contribution in [0.25, 0.3) is 4.98 Å². The zero-order valence-corrected chi connectivity index (χ0v) is 14.9. The Hall–Kier alpha value is -1.74. The van der Waals surface area contributed by atoms with Gasteiger partial charge < -0.3 is 17.3 Å². The fraction of sp³-hybridized carbons (Fsp3) is 0.571. The van der Waals surface area contributed by atoms with Crippen LogP contribution in [0.2, 0.25) is 0 Å². The minimum atomic E-state index is -6.00. The van der Waals surface area contributed by atoms with Crippen molar-refractivity contribution < 1.29 is 30.1 Å². The molecule has 0 atom stereocenters. The maximum absolute atomic E-state index is 12.1. The Labute approximate surface area is 149 Å². The summed E-state index contributed by atoms with van der Waals surface area (Å²) >= 11 is 0. The molecule has 0 unspecified atom stereocenters. The third-order valence-electron chi connectivity index (χ3n) is 3.11. The number of unbranched alkanes of at least 4 members (excludes halogenated alkanes) is 5. The first-order chi connectivity index (χ1) is 12.1. The highest BCUT2D eigenvalue weighted by atomic mass is 32.2. The summed E-state index contributed by atoms with van der Waals surface area (Å²) in [6.07, 6.45) is 5.07. The Bertz CT molecular complexity index is 659. The van der Waals surface area contributed by atoms with Crippen LogP contribution in [-0.4, -0.2) is 28.9 Å². The normalized spacial score (nSPS) is 11.4. The number of rotatable bonds is 10. The molecule has 0 aliphatic rings. The lowest BCUT2D eigenvalue weighted by Gasteiger charge is -2.05. The van der Waals surface area contributed by atoms with Gasteiger partial charge in [-0.2, -0.15) is 0 Å². The molecule has 0 aliphatic carbocycles. The van der Waals surface area contributed by atoms with Crippen LogP contribution in [0.3, 0.4) is 0 Å². The van der Waals surface area contributed by atoms with Gasteiger partial charge in [0.05, 0.1) is 6.67 Å². The second kappa shape index (κ2) is 12.6. The monoisotopic (exact) mass is 401 g/mol. The number of nitrogens with one attached hydrogen (secondary N) is 1. The van der Waals surface area contributed by atoms with Gasteiger partial charge in [-0.25, -0.2) is 13.1 Å². The van der Waals surface area contributed by atoms with Gasteiger partial charge in [0.2, 0.25) is 15.4 Å². The quantitative estimate of drug-likeness (QED) is 0.258. The number of nitrogens with zero attached hydrogens (tertiary/aromatic N) is 2. The predicted octanol–water partition coefficient (Wildman–Crippen LogP) is 5.06. The molecular formula is C14H21BF5N3O2S. The van der Waals surface area contributed by atoms with E-state index in [9.17, 15) is 30.1 Å². The largest absolute Gasteiger partial charge is 0.673 e. The fourth-order valence-corrected chi connectivity index (χ4v) is 3.19. The van der Waals surface area contributed by atoms with E-state index in [1.54, 1.807) is 12.1 Å². The zero-order chi connectivity index (χ0) is 20.1. The van der Waals surface area contributed by atoms with Gasteiger partial charge in [0.15, 0.2) is 9.87 Å². The molecule has 148 valence electrons. The molecule has 0 bridgehead atoms. The number of benzene rings is 1. The van der Waals surface area contributed by atoms with Crippen LogP contribution in [0.4, 0.5) is 27.3 Å². The maximum atomic E-state index is 12.1. The smallest absolute Gasteiger partial charge is 0.418 e. The molecule has 1 aromatic carbocycles. The molecule has 0 spiro atoms. The van der Waals surface area contributed by atoms with Gasteiger partial charge in [0.25, 0.3) is 0 Å². The number of sulfonamides is 1. The average Bonchev–Trinajstić information content (AvgIpc) is 2.55. The van der Waals surface area contributed by atoms with Crippen LogP contribution in [0.15, 0.2) is 29.2 Å². The molecule has 1 rings (SSSR count). The first-order valence-corrected chi connectivity index (χ1v) is 9.47. The van der Waals surface area contributed by atoms with E-state index in [1.807, 2.05) is 0 Å². The van der Waals surface area contributed by atoms with Crippen molar-refractivity contribution in [3.63, 3.8) is 0 Å². The Morgan fingerprint density at radius 1 is 0.962 bits per heavy atom. The zero-order valence-electron chi connectivity index (χ0n) is 14.1. The van der Waals surface area contributed by atoms with Crippen LogP contribution in [0, 0.1) is 5.39 Å². The van der Waals surface area contributed by atoms with Gasteiger partial charge in [0.1, 0.15) is 0 Å². The SMILES string of the molecule is F[B-](F)(F)F.N#[N+]c1ccccc1S(=O)(=O)NCCCCCCCCF. The minimum Gasteiger partial charge on any atom is -0.418 e. The lowest BCUT2D eigenvalue weighted by atomic mass is 10.1. The molecule has 0 aliphatic heterocycles. The average molecular weight is 401 g/mol. The fourth-order valence-electron chi connectivity index (χ4n) is 1.98. The van der Waals surface area contributed by atoms with Crippen molar-refractivity contribution in [1.29, 1.82) is 5.39 Å². The van der Waals surface area contributed by atoms with Crippen LogP contribution in [0.1, 0.15) is 38.5 Å². The molecular weight excluding hydrogens is 380 g/mol. The van der Waals surface area contributed by atoms with E-state index >= 15 is 0 Å². The van der Waals surface area contributed by atoms with E-state index in [4.69, 9.17) is 5.39 Å². The minimum absolute atomic E-state index is 0.0243. The van der Waals surface area contributed by atoms with Gasteiger partial charge in [-0.1, -0.05) is 37.8 Å². The summed E-state index contributed by atoms with van der Waals surface area (Å²) in [6, 6.07) is 6.01. The van der Waals surface area contributed by atoms with Gasteiger partial charge in [-0.15, -0.1) is 0 Å². The summed E-state index contributed by atoms with van der Waals surface area (Å²) in [7, 11) is -9.66. The number of hydrogen-bond donors (Lipinski definition) is 1. The lowest BCUT2D eigenvalue weighted by molar-refractivity contribution is 0.368. The topological polar surface area (TPSA) is 74.3 Å². The molecule has 0 amide bonds. The molecule has 0 saturated carbocycles. The van der Waals surface area contributed by atoms with Crippen molar-refractivity contribution in [3.05, 3.63) is 29.2 Å². The summed E-state index contributed by atoms with van der Waals surface area (Å²) in [4.78, 5) is 2.94. The van der Waals surface area contributed by atoms with Crippen LogP contribution in [0.5, 0.6) is 0 Å². The van der Waals surface area contributed by atoms with Crippen molar-refractivity contribution in [3.8, 4) is 0 Å². The second-order valence-electron chi connectivity index (χ2n) is 5.27. The standard InChI is InChI=1S/C14H21FN3O2S.BF4/c15-11-7-3-1-2-4-8-12-17-21(19,20)14-10-6-5-9-13(14)18-16;2-1(3,4)5/h5-6,9-10,17H,1-4,7-8,11-12H2;/q+1;-1. The van der Waals surface area contributed by atoms with Crippen molar-refractivity contribution >= 4 is 23.0 Å². The van der Waals surface area contributed by atoms with Gasteiger partial charge in [0, 0.05) is 12.6 Å². The summed E-state index contributed by atoms with van der Waals surface area (Å²) < 4.78 is 77.5. The molecule has 26 heavy (non-hydrogen) atoms. The summed E-state index contributed by atoms with van der Waals surface area (Å²) in [6.45, 7) is 0.0698. The van der Waals surface area contributed by atoms with Crippen molar-refractivity contribution in [2.45, 2.75) is 43.4 Å². The molecule has 0 aromatic heterocycles. The lowest BCUT2D eigenvalue weighted by Crippen LogP contribution is -2.24. The summed E-state index contributed by atoms with van der Waals surface area (Å²) in [5, 5.41) is 8.80. The number of halogens is 5. The third kappa shape index (κ3) is 12.6. The molecule has 12 heteroatoms. The van der Waals surface area contributed by atoms with E-state index in [0.717, 1.165) is 32.1 Å². The molecule has 0 radical (unpaired) electrons. The molecule has 0 fully saturated rings. The Kier molecular flexibility index (Phi) is 11.8. The summed E-state index contributed by atoms with van der Waals surface area (Å²) in [5.74, 6) is 0. The maximum Gasteiger partial charge on any atom is 0.673 e. The van der Waals surface area contributed by atoms with Crippen molar-refractivity contribution in [2.75, 3.05) is 13.2 Å². The van der Waals surface area contributed by atoms with Gasteiger partial charge in [-0.05, 0) is 18.9 Å². The second-order valence-corrected chi connectivity index (χ2v) is 7.01. The molecule has 5 nitrogen and oxygen atoms in total. The molecule has 0 heterocycles. The van der Waals surface area contributed by atoms with E-state index in [0.29, 0.717) is 13.0 Å². The van der Waals surface area contributed by atoms with Crippen molar-refractivity contribution in [2.24, 2.45) is 0 Å². The number of alkyl halides is 1. The van der Waals surface area contributed by atoms with Crippen LogP contribution in [-0.2, 0) is 10.0 Å². The van der Waals surface area contributed by atoms with E-state index in [2.05, 4.69) is 9.70 Å². The Morgan fingerprint density at radius 3 is 2.00 bits per heavy atom. The first-order valence-electron chi connectivity index (χ1n) is 7.99. The van der Waals surface area contributed by atoms with Crippen LogP contribution >= 0.6 is 0 Å². The van der Waals surface area contributed by atoms with Crippen LogP contribution < -0.4 is 4.72 Å². The molecule has 0 saturated heterocycles. The Balaban J connectivity index is 0.00000110. The summed E-state index contributed by atoms with van der Waals surface area (Å²) in [5.41, 5.74) is 0.0243. The number of hydrogen-bond acceptors (Lipinski definition) is 3. The highest BCUT2D eigenvalue weighted by Crippen LogP contribution is 2.23. The molecule has 1 aromatic rings.